The second kappa shape index (κ2) is 5.36. The Morgan fingerprint density at radius 3 is 2.47 bits per heavy atom. The molecule has 1 aromatic carbocycles. The van der Waals surface area contributed by atoms with Crippen molar-refractivity contribution in [3.05, 3.63) is 29.8 Å². The van der Waals surface area contributed by atoms with Gasteiger partial charge in [0.25, 0.3) is 0 Å². The Kier molecular flexibility index (Phi) is 4.12. The number of rotatable bonds is 4. The fourth-order valence-corrected chi connectivity index (χ4v) is 1.17. The molecule has 2 N–H and O–H groups in total. The van der Waals surface area contributed by atoms with E-state index in [2.05, 4.69) is 0 Å². The molecule has 0 unspecified atom stereocenters. The molecule has 0 radical (unpaired) electrons. The zero-order valence-corrected chi connectivity index (χ0v) is 8.86. The summed E-state index contributed by atoms with van der Waals surface area (Å²) in [5.41, 5.74) is 0.620. The molecule has 0 aliphatic carbocycles. The van der Waals surface area contributed by atoms with Crippen molar-refractivity contribution in [2.75, 3.05) is 13.7 Å². The van der Waals surface area contributed by atoms with E-state index in [0.717, 1.165) is 0 Å². The molecule has 0 saturated carbocycles. The van der Waals surface area contributed by atoms with Crippen LogP contribution >= 0.6 is 0 Å². The largest absolute Gasteiger partial charge is 0.497 e. The van der Waals surface area contributed by atoms with Gasteiger partial charge >= 0.3 is 0 Å². The minimum absolute atomic E-state index is 0.136. The summed E-state index contributed by atoms with van der Waals surface area (Å²) in [5, 5.41) is 17.1. The first-order valence-corrected chi connectivity index (χ1v) is 4.72. The lowest BCUT2D eigenvalue weighted by Crippen LogP contribution is -2.14. The first-order chi connectivity index (χ1) is 7.19. The molecule has 0 aliphatic rings. The Labute approximate surface area is 89.0 Å². The van der Waals surface area contributed by atoms with Crippen LogP contribution in [0.3, 0.4) is 0 Å². The third kappa shape index (κ3) is 2.95. The van der Waals surface area contributed by atoms with Gasteiger partial charge in [0.05, 0.1) is 13.7 Å². The van der Waals surface area contributed by atoms with Crippen molar-refractivity contribution in [1.82, 2.24) is 0 Å². The molecule has 0 aliphatic heterocycles. The smallest absolute Gasteiger partial charge is 0.214 e. The second-order valence-corrected chi connectivity index (χ2v) is 2.97. The van der Waals surface area contributed by atoms with Gasteiger partial charge in [-0.3, -0.25) is 5.41 Å². The van der Waals surface area contributed by atoms with Gasteiger partial charge in [-0.25, -0.2) is 0 Å². The van der Waals surface area contributed by atoms with Crippen LogP contribution in [0.15, 0.2) is 24.3 Å². The maximum atomic E-state index is 9.69. The van der Waals surface area contributed by atoms with E-state index in [-0.39, 0.29) is 5.90 Å². The van der Waals surface area contributed by atoms with Crippen LogP contribution in [0.25, 0.3) is 0 Å². The first kappa shape index (κ1) is 11.5. The quantitative estimate of drug-likeness (QED) is 0.586. The van der Waals surface area contributed by atoms with E-state index in [9.17, 15) is 5.11 Å². The molecule has 0 fully saturated rings. The van der Waals surface area contributed by atoms with Crippen molar-refractivity contribution in [1.29, 1.82) is 5.41 Å². The molecule has 0 aromatic heterocycles. The van der Waals surface area contributed by atoms with E-state index in [1.54, 1.807) is 38.3 Å². The number of hydrogen-bond donors (Lipinski definition) is 2. The van der Waals surface area contributed by atoms with Crippen molar-refractivity contribution in [3.63, 3.8) is 0 Å². The molecule has 0 saturated heterocycles. The second-order valence-electron chi connectivity index (χ2n) is 2.97. The van der Waals surface area contributed by atoms with Crippen LogP contribution in [0.1, 0.15) is 18.6 Å². The number of methoxy groups -OCH3 is 1. The highest BCUT2D eigenvalue weighted by molar-refractivity contribution is 5.79. The van der Waals surface area contributed by atoms with E-state index in [1.165, 1.54) is 0 Å². The Morgan fingerprint density at radius 1 is 1.40 bits per heavy atom. The molecule has 0 heterocycles. The van der Waals surface area contributed by atoms with Gasteiger partial charge in [0.1, 0.15) is 5.75 Å². The first-order valence-electron chi connectivity index (χ1n) is 4.72. The van der Waals surface area contributed by atoms with Crippen LogP contribution in [0, 0.1) is 5.41 Å². The molecule has 15 heavy (non-hydrogen) atoms. The van der Waals surface area contributed by atoms with Gasteiger partial charge in [-0.2, -0.15) is 0 Å². The number of nitrogens with one attached hydrogen (secondary N) is 1. The standard InChI is InChI=1S/C11H15NO3/c1-3-15-11(12)10(13)8-4-6-9(14-2)7-5-8/h4-7,10,12-13H,3H2,1-2H3/t10-/m1/s1. The summed E-state index contributed by atoms with van der Waals surface area (Å²) in [5.74, 6) is 0.580. The number of benzene rings is 1. The molecular weight excluding hydrogens is 194 g/mol. The van der Waals surface area contributed by atoms with Gasteiger partial charge in [0.2, 0.25) is 5.90 Å². The van der Waals surface area contributed by atoms with Crippen molar-refractivity contribution in [2.45, 2.75) is 13.0 Å². The van der Waals surface area contributed by atoms with Crippen molar-refractivity contribution in [2.24, 2.45) is 0 Å². The third-order valence-electron chi connectivity index (χ3n) is 1.98. The number of hydrogen-bond acceptors (Lipinski definition) is 4. The lowest BCUT2D eigenvalue weighted by molar-refractivity contribution is 0.190. The number of aliphatic hydroxyl groups is 1. The fraction of sp³-hybridized carbons (Fsp3) is 0.364. The van der Waals surface area contributed by atoms with Crippen LogP contribution in [-0.2, 0) is 4.74 Å². The molecule has 0 spiro atoms. The van der Waals surface area contributed by atoms with E-state index in [1.807, 2.05) is 0 Å². The summed E-state index contributed by atoms with van der Waals surface area (Å²) >= 11 is 0. The SMILES string of the molecule is CCOC(=N)[C@H](O)c1ccc(OC)cc1. The summed E-state index contributed by atoms with van der Waals surface area (Å²) in [7, 11) is 1.58. The van der Waals surface area contributed by atoms with E-state index in [0.29, 0.717) is 17.9 Å². The van der Waals surface area contributed by atoms with Gasteiger partial charge in [0, 0.05) is 0 Å². The van der Waals surface area contributed by atoms with Gasteiger partial charge in [-0.05, 0) is 24.6 Å². The number of ether oxygens (including phenoxy) is 2. The van der Waals surface area contributed by atoms with Crippen molar-refractivity contribution in [3.8, 4) is 5.75 Å². The van der Waals surface area contributed by atoms with E-state index in [4.69, 9.17) is 14.9 Å². The predicted octanol–water partition coefficient (Wildman–Crippen LogP) is 1.74. The average Bonchev–Trinajstić information content (AvgIpc) is 2.28. The Morgan fingerprint density at radius 2 is 2.00 bits per heavy atom. The summed E-state index contributed by atoms with van der Waals surface area (Å²) in [4.78, 5) is 0. The zero-order valence-electron chi connectivity index (χ0n) is 8.86. The third-order valence-corrected chi connectivity index (χ3v) is 1.98. The van der Waals surface area contributed by atoms with Crippen molar-refractivity contribution < 1.29 is 14.6 Å². The van der Waals surface area contributed by atoms with Crippen LogP contribution in [0.5, 0.6) is 5.75 Å². The molecule has 4 heteroatoms. The van der Waals surface area contributed by atoms with Crippen LogP contribution in [0.4, 0.5) is 0 Å². The molecule has 1 rings (SSSR count). The molecule has 1 atom stereocenters. The van der Waals surface area contributed by atoms with Gasteiger partial charge < -0.3 is 14.6 Å². The molecule has 0 bridgehead atoms. The van der Waals surface area contributed by atoms with Gasteiger partial charge in [0.15, 0.2) is 6.10 Å². The topological polar surface area (TPSA) is 62.5 Å². The Balaban J connectivity index is 2.73. The van der Waals surface area contributed by atoms with Crippen molar-refractivity contribution >= 4 is 5.90 Å². The van der Waals surface area contributed by atoms with Crippen LogP contribution in [0.2, 0.25) is 0 Å². The zero-order chi connectivity index (χ0) is 11.3. The highest BCUT2D eigenvalue weighted by Crippen LogP contribution is 2.18. The molecule has 0 amide bonds. The maximum Gasteiger partial charge on any atom is 0.214 e. The lowest BCUT2D eigenvalue weighted by Gasteiger charge is -2.12. The Bertz CT molecular complexity index is 321. The fourth-order valence-electron chi connectivity index (χ4n) is 1.17. The molecular formula is C11H15NO3. The van der Waals surface area contributed by atoms with E-state index < -0.39 is 6.10 Å². The van der Waals surface area contributed by atoms with Crippen LogP contribution < -0.4 is 4.74 Å². The lowest BCUT2D eigenvalue weighted by atomic mass is 10.1. The summed E-state index contributed by atoms with van der Waals surface area (Å²) in [6, 6.07) is 6.88. The Hall–Kier alpha value is -1.55. The monoisotopic (exact) mass is 209 g/mol. The van der Waals surface area contributed by atoms with Gasteiger partial charge in [-0.15, -0.1) is 0 Å². The number of aliphatic hydroxyl groups excluding tert-OH is 1. The summed E-state index contributed by atoms with van der Waals surface area (Å²) < 4.78 is 9.91. The summed E-state index contributed by atoms with van der Waals surface area (Å²) in [6.45, 7) is 2.15. The van der Waals surface area contributed by atoms with E-state index >= 15 is 0 Å². The van der Waals surface area contributed by atoms with Gasteiger partial charge in [-0.1, -0.05) is 12.1 Å². The minimum atomic E-state index is -1.00. The minimum Gasteiger partial charge on any atom is -0.497 e. The highest BCUT2D eigenvalue weighted by Gasteiger charge is 2.14. The summed E-state index contributed by atoms with van der Waals surface area (Å²) in [6.07, 6.45) is -1.00. The normalized spacial score (nSPS) is 11.9. The molecule has 4 nitrogen and oxygen atoms in total. The molecule has 82 valence electrons. The predicted molar refractivity (Wildman–Crippen MR) is 57.3 cm³/mol. The average molecular weight is 209 g/mol. The highest BCUT2D eigenvalue weighted by atomic mass is 16.5. The maximum absolute atomic E-state index is 9.69. The van der Waals surface area contributed by atoms with Crippen LogP contribution in [-0.4, -0.2) is 24.7 Å². The molecule has 1 aromatic rings.